The van der Waals surface area contributed by atoms with Gasteiger partial charge >= 0.3 is 6.36 Å². The van der Waals surface area contributed by atoms with E-state index in [0.29, 0.717) is 5.56 Å². The molecule has 0 saturated carbocycles. The molecule has 0 atom stereocenters. The summed E-state index contributed by atoms with van der Waals surface area (Å²) in [5, 5.41) is 4.35. The van der Waals surface area contributed by atoms with E-state index in [9.17, 15) is 17.6 Å². The van der Waals surface area contributed by atoms with Gasteiger partial charge < -0.3 is 4.74 Å². The summed E-state index contributed by atoms with van der Waals surface area (Å²) in [6.07, 6.45) is -2.80. The molecule has 0 N–H and O–H groups in total. The highest BCUT2D eigenvalue weighted by molar-refractivity contribution is 6.08. The monoisotopic (exact) mass is 398 g/mol. The van der Waals surface area contributed by atoms with Gasteiger partial charge in [0, 0.05) is 0 Å². The Hall–Kier alpha value is -3.08. The van der Waals surface area contributed by atoms with Crippen LogP contribution in [-0.4, -0.2) is 6.36 Å². The Morgan fingerprint density at radius 3 is 2.03 bits per heavy atom. The molecule has 0 heterocycles. The molecule has 0 bridgehead atoms. The lowest BCUT2D eigenvalue weighted by atomic mass is 9.96. The number of alkyl halides is 3. The number of fused-ring (bicyclic) bond motifs is 3. The van der Waals surface area contributed by atoms with Crippen LogP contribution in [0.5, 0.6) is 5.75 Å². The molecule has 0 aliphatic heterocycles. The quantitative estimate of drug-likeness (QED) is 0.253. The van der Waals surface area contributed by atoms with Gasteiger partial charge in [0.2, 0.25) is 0 Å². The molecular formula is C24H18F4O. The smallest absolute Gasteiger partial charge is 0.403 e. The number of ether oxygens (including phenoxy) is 1. The molecule has 0 radical (unpaired) electrons. The van der Waals surface area contributed by atoms with E-state index in [1.807, 2.05) is 24.3 Å². The minimum atomic E-state index is -4.93. The molecule has 4 rings (SSSR count). The molecule has 0 spiro atoms. The van der Waals surface area contributed by atoms with Crippen LogP contribution in [-0.2, 0) is 6.42 Å². The van der Waals surface area contributed by atoms with E-state index in [4.69, 9.17) is 0 Å². The molecule has 4 aromatic rings. The highest BCUT2D eigenvalue weighted by Crippen LogP contribution is 2.33. The van der Waals surface area contributed by atoms with E-state index in [1.165, 1.54) is 11.6 Å². The Labute approximate surface area is 165 Å². The van der Waals surface area contributed by atoms with Gasteiger partial charge in [-0.25, -0.2) is 4.39 Å². The van der Waals surface area contributed by atoms with E-state index in [2.05, 4.69) is 35.9 Å². The first-order valence-electron chi connectivity index (χ1n) is 9.35. The molecule has 0 amide bonds. The number of benzene rings is 4. The summed E-state index contributed by atoms with van der Waals surface area (Å²) in [7, 11) is 0. The molecule has 0 saturated heterocycles. The lowest BCUT2D eigenvalue weighted by Crippen LogP contribution is -2.17. The third kappa shape index (κ3) is 4.04. The van der Waals surface area contributed by atoms with Gasteiger partial charge in [0.25, 0.3) is 0 Å². The molecule has 1 nitrogen and oxygen atoms in total. The summed E-state index contributed by atoms with van der Waals surface area (Å²) < 4.78 is 54.7. The van der Waals surface area contributed by atoms with Crippen LogP contribution in [0, 0.1) is 5.82 Å². The predicted molar refractivity (Wildman–Crippen MR) is 108 cm³/mol. The Morgan fingerprint density at radius 2 is 1.38 bits per heavy atom. The van der Waals surface area contributed by atoms with Crippen LogP contribution in [0.15, 0.2) is 66.7 Å². The van der Waals surface area contributed by atoms with Crippen molar-refractivity contribution in [3.63, 3.8) is 0 Å². The van der Waals surface area contributed by atoms with Crippen molar-refractivity contribution >= 4 is 21.5 Å². The zero-order valence-corrected chi connectivity index (χ0v) is 15.7. The average Bonchev–Trinajstić information content (AvgIpc) is 2.68. The normalized spacial score (nSPS) is 11.9. The molecule has 29 heavy (non-hydrogen) atoms. The number of hydrogen-bond donors (Lipinski definition) is 0. The first-order chi connectivity index (χ1) is 13.8. The Morgan fingerprint density at radius 1 is 0.759 bits per heavy atom. The van der Waals surface area contributed by atoms with Crippen molar-refractivity contribution < 1.29 is 22.3 Å². The Kier molecular flexibility index (Phi) is 4.91. The second-order valence-corrected chi connectivity index (χ2v) is 7.00. The molecule has 0 fully saturated rings. The molecular weight excluding hydrogens is 380 g/mol. The number of hydrogen-bond acceptors (Lipinski definition) is 1. The van der Waals surface area contributed by atoms with Gasteiger partial charge in [0.1, 0.15) is 0 Å². The number of aryl methyl sites for hydroxylation is 1. The Bertz CT molecular complexity index is 1190. The van der Waals surface area contributed by atoms with Gasteiger partial charge in [-0.3, -0.25) is 0 Å². The van der Waals surface area contributed by atoms with Gasteiger partial charge in [-0.2, -0.15) is 0 Å². The van der Waals surface area contributed by atoms with Crippen molar-refractivity contribution in [2.24, 2.45) is 0 Å². The van der Waals surface area contributed by atoms with Gasteiger partial charge in [-0.1, -0.05) is 61.9 Å². The maximum Gasteiger partial charge on any atom is 0.573 e. The van der Waals surface area contributed by atoms with Crippen LogP contribution in [0.25, 0.3) is 32.7 Å². The summed E-state index contributed by atoms with van der Waals surface area (Å²) in [5.74, 6) is -1.89. The van der Waals surface area contributed by atoms with Crippen LogP contribution in [0.4, 0.5) is 17.6 Å². The highest BCUT2D eigenvalue weighted by Gasteiger charge is 2.32. The van der Waals surface area contributed by atoms with Crippen molar-refractivity contribution in [1.82, 2.24) is 0 Å². The van der Waals surface area contributed by atoms with Crippen molar-refractivity contribution in [3.8, 4) is 16.9 Å². The van der Waals surface area contributed by atoms with Gasteiger partial charge in [-0.05, 0) is 62.9 Å². The topological polar surface area (TPSA) is 9.23 Å². The third-order valence-corrected chi connectivity index (χ3v) is 4.93. The third-order valence-electron chi connectivity index (χ3n) is 4.93. The van der Waals surface area contributed by atoms with Crippen molar-refractivity contribution in [1.29, 1.82) is 0 Å². The molecule has 5 heteroatoms. The fraction of sp³-hybridized carbons (Fsp3) is 0.167. The zero-order chi connectivity index (χ0) is 20.6. The second kappa shape index (κ2) is 7.39. The van der Waals surface area contributed by atoms with E-state index in [0.717, 1.165) is 52.1 Å². The summed E-state index contributed by atoms with van der Waals surface area (Å²) in [4.78, 5) is 0. The van der Waals surface area contributed by atoms with Crippen molar-refractivity contribution in [2.45, 2.75) is 26.1 Å². The molecule has 148 valence electrons. The summed E-state index contributed by atoms with van der Waals surface area (Å²) in [5.41, 5.74) is 2.50. The Balaban J connectivity index is 1.73. The van der Waals surface area contributed by atoms with Crippen LogP contribution in [0.1, 0.15) is 18.9 Å². The molecule has 0 aliphatic carbocycles. The van der Waals surface area contributed by atoms with Gasteiger partial charge in [-0.15, -0.1) is 13.2 Å². The first-order valence-corrected chi connectivity index (χ1v) is 9.35. The largest absolute Gasteiger partial charge is 0.573 e. The van der Waals surface area contributed by atoms with Crippen LogP contribution < -0.4 is 4.74 Å². The fourth-order valence-electron chi connectivity index (χ4n) is 3.63. The SMILES string of the molecule is CCCc1ccc2c(ccc3cc(-c4ccc(OC(F)(F)F)c(F)c4)ccc32)c1. The second-order valence-electron chi connectivity index (χ2n) is 7.00. The van der Waals surface area contributed by atoms with Gasteiger partial charge in [0.15, 0.2) is 11.6 Å². The van der Waals surface area contributed by atoms with Crippen molar-refractivity contribution in [2.75, 3.05) is 0 Å². The highest BCUT2D eigenvalue weighted by atomic mass is 19.4. The molecule has 0 aromatic heterocycles. The maximum absolute atomic E-state index is 14.1. The first kappa shape index (κ1) is 19.2. The minimum absolute atomic E-state index is 0.484. The zero-order valence-electron chi connectivity index (χ0n) is 15.7. The van der Waals surface area contributed by atoms with E-state index < -0.39 is 17.9 Å². The number of rotatable bonds is 4. The lowest BCUT2D eigenvalue weighted by molar-refractivity contribution is -0.275. The fourth-order valence-corrected chi connectivity index (χ4v) is 3.63. The van der Waals surface area contributed by atoms with E-state index >= 15 is 0 Å². The average molecular weight is 398 g/mol. The summed E-state index contributed by atoms with van der Waals surface area (Å²) >= 11 is 0. The van der Waals surface area contributed by atoms with Gasteiger partial charge in [0.05, 0.1) is 0 Å². The van der Waals surface area contributed by atoms with E-state index in [1.54, 1.807) is 0 Å². The lowest BCUT2D eigenvalue weighted by Gasteiger charge is -2.11. The van der Waals surface area contributed by atoms with Crippen LogP contribution in [0.3, 0.4) is 0 Å². The predicted octanol–water partition coefficient (Wildman–Crippen LogP) is 7.65. The minimum Gasteiger partial charge on any atom is -0.403 e. The van der Waals surface area contributed by atoms with Crippen LogP contribution >= 0.6 is 0 Å². The summed E-state index contributed by atoms with van der Waals surface area (Å²) in [6.45, 7) is 2.15. The molecule has 0 aliphatic rings. The molecule has 4 aromatic carbocycles. The molecule has 0 unspecified atom stereocenters. The van der Waals surface area contributed by atoms with E-state index in [-0.39, 0.29) is 0 Å². The maximum atomic E-state index is 14.1. The van der Waals surface area contributed by atoms with Crippen LogP contribution in [0.2, 0.25) is 0 Å². The standard InChI is InChI=1S/C24H18F4O/c1-2-3-15-4-9-20-18(12-15)5-6-19-13-16(7-10-21(19)20)17-8-11-23(22(25)14-17)29-24(26,27)28/h4-14H,2-3H2,1H3. The van der Waals surface area contributed by atoms with Crippen molar-refractivity contribution in [3.05, 3.63) is 78.1 Å². The summed E-state index contributed by atoms with van der Waals surface area (Å²) in [6, 6.07) is 19.7. The number of halogens is 4.